The molecule has 0 bridgehead atoms. The lowest BCUT2D eigenvalue weighted by Crippen LogP contribution is -2.26. The quantitative estimate of drug-likeness (QED) is 0.478. The molecule has 5 heteroatoms. The van der Waals surface area contributed by atoms with Gasteiger partial charge in [-0.25, -0.2) is 0 Å². The maximum absolute atomic E-state index is 12.7. The van der Waals surface area contributed by atoms with E-state index in [2.05, 4.69) is 12.2 Å². The Balaban J connectivity index is 1.63. The highest BCUT2D eigenvalue weighted by atomic mass is 16.5. The van der Waals surface area contributed by atoms with Crippen LogP contribution in [-0.2, 0) is 11.3 Å². The number of furan rings is 1. The Morgan fingerprint density at radius 1 is 1.00 bits per heavy atom. The number of carbonyl (C=O) groups excluding carboxylic acids is 1. The molecule has 0 atom stereocenters. The second-order valence-corrected chi connectivity index (χ2v) is 6.58. The Hall–Kier alpha value is -2.79. The maximum atomic E-state index is 12.7. The Bertz CT molecular complexity index is 873. The van der Waals surface area contributed by atoms with Gasteiger partial charge in [-0.3, -0.25) is 4.79 Å². The first-order chi connectivity index (χ1) is 13.8. The van der Waals surface area contributed by atoms with E-state index in [4.69, 9.17) is 13.9 Å². The number of unbranched alkanes of at least 4 members (excludes halogenated alkanes) is 1. The van der Waals surface area contributed by atoms with Crippen LogP contribution in [0.1, 0.15) is 42.3 Å². The van der Waals surface area contributed by atoms with E-state index >= 15 is 0 Å². The Labute approximate surface area is 165 Å². The molecule has 0 saturated heterocycles. The topological polar surface area (TPSA) is 60.7 Å². The molecule has 3 aromatic rings. The number of para-hydroxylation sites is 2. The van der Waals surface area contributed by atoms with Gasteiger partial charge >= 0.3 is 0 Å². The monoisotopic (exact) mass is 381 g/mol. The van der Waals surface area contributed by atoms with Crippen LogP contribution in [0.4, 0.5) is 0 Å². The van der Waals surface area contributed by atoms with E-state index in [9.17, 15) is 4.79 Å². The van der Waals surface area contributed by atoms with E-state index in [1.807, 2.05) is 54.6 Å². The third-order valence-electron chi connectivity index (χ3n) is 4.42. The third-order valence-corrected chi connectivity index (χ3v) is 4.42. The molecule has 0 aliphatic heterocycles. The van der Waals surface area contributed by atoms with Crippen molar-refractivity contribution in [1.82, 2.24) is 5.32 Å². The molecule has 28 heavy (non-hydrogen) atoms. The van der Waals surface area contributed by atoms with Gasteiger partial charge in [0, 0.05) is 30.7 Å². The van der Waals surface area contributed by atoms with Crippen LogP contribution in [-0.4, -0.2) is 25.7 Å². The Morgan fingerprint density at radius 3 is 2.57 bits per heavy atom. The molecule has 0 spiro atoms. The number of hydrogen-bond acceptors (Lipinski definition) is 4. The highest BCUT2D eigenvalue weighted by molar-refractivity contribution is 5.99. The van der Waals surface area contributed by atoms with Crippen LogP contribution in [0.25, 0.3) is 11.0 Å². The second-order valence-electron chi connectivity index (χ2n) is 6.58. The fraction of sp³-hybridized carbons (Fsp3) is 0.348. The average molecular weight is 381 g/mol. The van der Waals surface area contributed by atoms with Gasteiger partial charge in [-0.15, -0.1) is 0 Å². The molecular formula is C23H27NO4. The van der Waals surface area contributed by atoms with Crippen molar-refractivity contribution in [2.24, 2.45) is 0 Å². The van der Waals surface area contributed by atoms with Crippen molar-refractivity contribution in [2.75, 3.05) is 19.8 Å². The molecule has 0 saturated carbocycles. The molecule has 0 aliphatic carbocycles. The smallest absolute Gasteiger partial charge is 0.287 e. The molecule has 0 radical (unpaired) electrons. The number of benzene rings is 2. The van der Waals surface area contributed by atoms with Crippen molar-refractivity contribution in [3.8, 4) is 5.75 Å². The third kappa shape index (κ3) is 5.36. The normalized spacial score (nSPS) is 10.9. The van der Waals surface area contributed by atoms with Crippen LogP contribution < -0.4 is 10.1 Å². The van der Waals surface area contributed by atoms with E-state index in [0.717, 1.165) is 42.6 Å². The lowest BCUT2D eigenvalue weighted by molar-refractivity contribution is 0.0912. The van der Waals surface area contributed by atoms with Crippen molar-refractivity contribution in [2.45, 2.75) is 32.8 Å². The zero-order chi connectivity index (χ0) is 19.6. The fourth-order valence-electron chi connectivity index (χ4n) is 2.90. The van der Waals surface area contributed by atoms with Crippen LogP contribution in [0.15, 0.2) is 59.0 Å². The average Bonchev–Trinajstić information content (AvgIpc) is 3.11. The summed E-state index contributed by atoms with van der Waals surface area (Å²) in [6, 6.07) is 17.2. The summed E-state index contributed by atoms with van der Waals surface area (Å²) in [6.45, 7) is 4.36. The van der Waals surface area contributed by atoms with Gasteiger partial charge in [0.05, 0.1) is 0 Å². The van der Waals surface area contributed by atoms with Crippen molar-refractivity contribution in [1.29, 1.82) is 0 Å². The standard InChI is InChI=1S/C23H27NO4/c1-2-3-15-26-16-9-14-24-23(25)22-20(17-27-18-10-5-4-6-11-18)19-12-7-8-13-21(19)28-22/h4-8,10-13H,2-3,9,14-17H2,1H3,(H,24,25). The Kier molecular flexibility index (Phi) is 7.50. The van der Waals surface area contributed by atoms with Crippen molar-refractivity contribution in [3.63, 3.8) is 0 Å². The Morgan fingerprint density at radius 2 is 1.75 bits per heavy atom. The minimum Gasteiger partial charge on any atom is -0.489 e. The summed E-state index contributed by atoms with van der Waals surface area (Å²) in [6.07, 6.45) is 2.96. The van der Waals surface area contributed by atoms with E-state index in [1.165, 1.54) is 0 Å². The van der Waals surface area contributed by atoms with Crippen LogP contribution in [0, 0.1) is 0 Å². The summed E-state index contributed by atoms with van der Waals surface area (Å²) in [5.74, 6) is 0.837. The molecule has 5 nitrogen and oxygen atoms in total. The lowest BCUT2D eigenvalue weighted by Gasteiger charge is -2.08. The minimum absolute atomic E-state index is 0.226. The predicted molar refractivity (Wildman–Crippen MR) is 110 cm³/mol. The van der Waals surface area contributed by atoms with Crippen molar-refractivity contribution < 1.29 is 18.7 Å². The van der Waals surface area contributed by atoms with Gasteiger partial charge in [0.15, 0.2) is 5.76 Å². The van der Waals surface area contributed by atoms with Gasteiger partial charge in [0.1, 0.15) is 17.9 Å². The van der Waals surface area contributed by atoms with Gasteiger partial charge in [-0.1, -0.05) is 49.7 Å². The summed E-state index contributed by atoms with van der Waals surface area (Å²) in [5.41, 5.74) is 1.44. The van der Waals surface area contributed by atoms with Gasteiger partial charge in [0.25, 0.3) is 5.91 Å². The molecule has 1 amide bonds. The maximum Gasteiger partial charge on any atom is 0.287 e. The van der Waals surface area contributed by atoms with Crippen LogP contribution in [0.5, 0.6) is 5.75 Å². The van der Waals surface area contributed by atoms with Crippen LogP contribution in [0.2, 0.25) is 0 Å². The van der Waals surface area contributed by atoms with E-state index in [1.54, 1.807) is 0 Å². The van der Waals surface area contributed by atoms with Gasteiger partial charge in [0.2, 0.25) is 0 Å². The number of nitrogens with one attached hydrogen (secondary N) is 1. The molecule has 1 heterocycles. The molecule has 1 aromatic heterocycles. The number of rotatable bonds is 11. The summed E-state index contributed by atoms with van der Waals surface area (Å²) >= 11 is 0. The first kappa shape index (κ1) is 20.0. The largest absolute Gasteiger partial charge is 0.489 e. The van der Waals surface area contributed by atoms with E-state index < -0.39 is 0 Å². The van der Waals surface area contributed by atoms with E-state index in [-0.39, 0.29) is 12.5 Å². The zero-order valence-electron chi connectivity index (χ0n) is 16.3. The van der Waals surface area contributed by atoms with Crippen molar-refractivity contribution in [3.05, 3.63) is 65.9 Å². The zero-order valence-corrected chi connectivity index (χ0v) is 16.3. The summed E-state index contributed by atoms with van der Waals surface area (Å²) in [4.78, 5) is 12.7. The summed E-state index contributed by atoms with van der Waals surface area (Å²) in [5, 5.41) is 3.82. The first-order valence-electron chi connectivity index (χ1n) is 9.83. The number of amides is 1. The van der Waals surface area contributed by atoms with E-state index in [0.29, 0.717) is 24.5 Å². The minimum atomic E-state index is -0.226. The molecule has 0 aliphatic rings. The molecule has 0 fully saturated rings. The van der Waals surface area contributed by atoms with Crippen LogP contribution >= 0.6 is 0 Å². The predicted octanol–water partition coefficient (Wildman–Crippen LogP) is 4.95. The molecular weight excluding hydrogens is 354 g/mol. The molecule has 148 valence electrons. The highest BCUT2D eigenvalue weighted by Gasteiger charge is 2.20. The molecule has 3 rings (SSSR count). The number of hydrogen-bond donors (Lipinski definition) is 1. The highest BCUT2D eigenvalue weighted by Crippen LogP contribution is 2.27. The number of fused-ring (bicyclic) bond motifs is 1. The van der Waals surface area contributed by atoms with Crippen LogP contribution in [0.3, 0.4) is 0 Å². The SMILES string of the molecule is CCCCOCCCNC(=O)c1oc2ccccc2c1COc1ccccc1. The number of ether oxygens (including phenoxy) is 2. The van der Waals surface area contributed by atoms with Gasteiger partial charge in [-0.05, 0) is 31.0 Å². The molecule has 0 unspecified atom stereocenters. The van der Waals surface area contributed by atoms with Gasteiger partial charge < -0.3 is 19.2 Å². The summed E-state index contributed by atoms with van der Waals surface area (Å²) < 4.78 is 17.2. The lowest BCUT2D eigenvalue weighted by atomic mass is 10.1. The molecule has 1 N–H and O–H groups in total. The second kappa shape index (κ2) is 10.5. The van der Waals surface area contributed by atoms with Crippen molar-refractivity contribution >= 4 is 16.9 Å². The first-order valence-corrected chi connectivity index (χ1v) is 9.83. The summed E-state index contributed by atoms with van der Waals surface area (Å²) in [7, 11) is 0. The number of carbonyl (C=O) groups is 1. The fourth-order valence-corrected chi connectivity index (χ4v) is 2.90. The molecule has 2 aromatic carbocycles. The van der Waals surface area contributed by atoms with Gasteiger partial charge in [-0.2, -0.15) is 0 Å².